The predicted molar refractivity (Wildman–Crippen MR) is 99.0 cm³/mol. The standard InChI is InChI=1S/C19H17N5/c1-14-9-19(23-18-6-3-2-5-17(14)18)22-15-10-16(12-21-11-15)24-8-4-7-20-13-24/h2-12H,13H2,1H3,(H,22,23). The van der Waals surface area contributed by atoms with Gasteiger partial charge in [0.05, 0.1) is 29.3 Å². The van der Waals surface area contributed by atoms with E-state index in [0.29, 0.717) is 6.67 Å². The Labute approximate surface area is 140 Å². The molecule has 0 saturated heterocycles. The molecule has 5 heteroatoms. The molecule has 0 radical (unpaired) electrons. The Morgan fingerprint density at radius 3 is 2.92 bits per heavy atom. The molecule has 0 spiro atoms. The lowest BCUT2D eigenvalue weighted by Gasteiger charge is -2.20. The topological polar surface area (TPSA) is 53.4 Å². The second kappa shape index (κ2) is 6.12. The second-order valence-corrected chi connectivity index (χ2v) is 5.68. The maximum Gasteiger partial charge on any atom is 0.131 e. The van der Waals surface area contributed by atoms with E-state index in [4.69, 9.17) is 0 Å². The maximum atomic E-state index is 4.68. The van der Waals surface area contributed by atoms with Gasteiger partial charge < -0.3 is 10.2 Å². The minimum absolute atomic E-state index is 0.606. The number of hydrogen-bond acceptors (Lipinski definition) is 5. The maximum absolute atomic E-state index is 4.68. The fraction of sp³-hybridized carbons (Fsp3) is 0.105. The Balaban J connectivity index is 1.63. The van der Waals surface area contributed by atoms with Gasteiger partial charge >= 0.3 is 0 Å². The van der Waals surface area contributed by atoms with Gasteiger partial charge in [0.1, 0.15) is 12.5 Å². The molecule has 1 aliphatic rings. The van der Waals surface area contributed by atoms with Crippen LogP contribution in [0.1, 0.15) is 5.56 Å². The van der Waals surface area contributed by atoms with E-state index in [1.165, 1.54) is 10.9 Å². The summed E-state index contributed by atoms with van der Waals surface area (Å²) in [7, 11) is 0. The van der Waals surface area contributed by atoms with Crippen LogP contribution in [0.15, 0.2) is 66.1 Å². The van der Waals surface area contributed by atoms with Crippen molar-refractivity contribution in [2.75, 3.05) is 16.9 Å². The molecule has 1 aromatic carbocycles. The number of rotatable bonds is 3. The molecule has 4 rings (SSSR count). The summed E-state index contributed by atoms with van der Waals surface area (Å²) in [4.78, 5) is 15.3. The summed E-state index contributed by atoms with van der Waals surface area (Å²) in [5, 5.41) is 4.53. The SMILES string of the molecule is Cc1cc(Nc2cncc(N3C=CC=NC3)c2)nc2ccccc12. The number of pyridine rings is 2. The van der Waals surface area contributed by atoms with Gasteiger partial charge in [-0.3, -0.25) is 9.98 Å². The first kappa shape index (κ1) is 14.4. The minimum atomic E-state index is 0.606. The van der Waals surface area contributed by atoms with Crippen LogP contribution in [0.25, 0.3) is 10.9 Å². The third-order valence-electron chi connectivity index (χ3n) is 3.94. The van der Waals surface area contributed by atoms with E-state index in [1.807, 2.05) is 47.6 Å². The summed E-state index contributed by atoms with van der Waals surface area (Å²) in [6.45, 7) is 2.70. The number of para-hydroxylation sites is 1. The van der Waals surface area contributed by atoms with Crippen LogP contribution in [-0.4, -0.2) is 22.9 Å². The lowest BCUT2D eigenvalue weighted by Crippen LogP contribution is -2.18. The number of benzene rings is 1. The zero-order chi connectivity index (χ0) is 16.4. The van der Waals surface area contributed by atoms with E-state index >= 15 is 0 Å². The minimum Gasteiger partial charge on any atom is -0.339 e. The van der Waals surface area contributed by atoms with E-state index in [9.17, 15) is 0 Å². The van der Waals surface area contributed by atoms with Gasteiger partial charge in [-0.1, -0.05) is 18.2 Å². The summed E-state index contributed by atoms with van der Waals surface area (Å²) >= 11 is 0. The van der Waals surface area contributed by atoms with Crippen molar-refractivity contribution in [2.24, 2.45) is 4.99 Å². The van der Waals surface area contributed by atoms with Crippen LogP contribution in [0, 0.1) is 6.92 Å². The Hall–Kier alpha value is -3.21. The summed E-state index contributed by atoms with van der Waals surface area (Å²) in [6.07, 6.45) is 9.33. The molecule has 0 atom stereocenters. The monoisotopic (exact) mass is 315 g/mol. The number of aryl methyl sites for hydroxylation is 1. The van der Waals surface area contributed by atoms with Crippen molar-refractivity contribution < 1.29 is 0 Å². The molecule has 0 amide bonds. The highest BCUT2D eigenvalue weighted by atomic mass is 15.2. The average molecular weight is 315 g/mol. The van der Waals surface area contributed by atoms with Gasteiger partial charge in [0.15, 0.2) is 0 Å². The van der Waals surface area contributed by atoms with Crippen molar-refractivity contribution >= 4 is 34.3 Å². The average Bonchev–Trinajstić information content (AvgIpc) is 2.63. The van der Waals surface area contributed by atoms with E-state index in [-0.39, 0.29) is 0 Å². The van der Waals surface area contributed by atoms with Gasteiger partial charge in [-0.05, 0) is 36.8 Å². The van der Waals surface area contributed by atoms with Crippen LogP contribution in [-0.2, 0) is 0 Å². The lowest BCUT2D eigenvalue weighted by molar-refractivity contribution is 0.965. The summed E-state index contributed by atoms with van der Waals surface area (Å²) < 4.78 is 0. The third kappa shape index (κ3) is 2.84. The largest absolute Gasteiger partial charge is 0.339 e. The number of aromatic nitrogens is 2. The van der Waals surface area contributed by atoms with Crippen molar-refractivity contribution in [3.63, 3.8) is 0 Å². The molecule has 2 aromatic heterocycles. The normalized spacial score (nSPS) is 13.5. The van der Waals surface area contributed by atoms with Crippen LogP contribution < -0.4 is 10.2 Å². The summed E-state index contributed by atoms with van der Waals surface area (Å²) in [6, 6.07) is 12.3. The molecule has 0 saturated carbocycles. The van der Waals surface area contributed by atoms with E-state index < -0.39 is 0 Å². The molecule has 0 bridgehead atoms. The molecule has 118 valence electrons. The fourth-order valence-corrected chi connectivity index (χ4v) is 2.77. The molecule has 3 heterocycles. The van der Waals surface area contributed by atoms with Crippen LogP contribution >= 0.6 is 0 Å². The van der Waals surface area contributed by atoms with Crippen molar-refractivity contribution in [1.82, 2.24) is 9.97 Å². The molecule has 0 aliphatic carbocycles. The van der Waals surface area contributed by atoms with Crippen molar-refractivity contribution in [1.29, 1.82) is 0 Å². The van der Waals surface area contributed by atoms with Crippen molar-refractivity contribution in [3.8, 4) is 0 Å². The molecule has 0 unspecified atom stereocenters. The molecule has 1 N–H and O–H groups in total. The summed E-state index contributed by atoms with van der Waals surface area (Å²) in [5.74, 6) is 0.817. The van der Waals surface area contributed by atoms with E-state index in [2.05, 4.69) is 39.3 Å². The van der Waals surface area contributed by atoms with Crippen LogP contribution in [0.2, 0.25) is 0 Å². The highest BCUT2D eigenvalue weighted by molar-refractivity contribution is 5.84. The predicted octanol–water partition coefficient (Wildman–Crippen LogP) is 4.04. The summed E-state index contributed by atoms with van der Waals surface area (Å²) in [5.41, 5.74) is 4.07. The molecule has 1 aliphatic heterocycles. The number of fused-ring (bicyclic) bond motifs is 1. The number of anilines is 3. The third-order valence-corrected chi connectivity index (χ3v) is 3.94. The number of allylic oxidation sites excluding steroid dienone is 1. The first-order valence-electron chi connectivity index (χ1n) is 7.81. The lowest BCUT2D eigenvalue weighted by atomic mass is 10.1. The zero-order valence-corrected chi connectivity index (χ0v) is 13.3. The van der Waals surface area contributed by atoms with Gasteiger partial charge in [0, 0.05) is 17.8 Å². The van der Waals surface area contributed by atoms with Gasteiger partial charge in [0.2, 0.25) is 0 Å². The molecule has 5 nitrogen and oxygen atoms in total. The van der Waals surface area contributed by atoms with Gasteiger partial charge in [-0.25, -0.2) is 4.98 Å². The molecule has 24 heavy (non-hydrogen) atoms. The van der Waals surface area contributed by atoms with E-state index in [0.717, 1.165) is 22.7 Å². The Morgan fingerprint density at radius 2 is 2.04 bits per heavy atom. The first-order valence-corrected chi connectivity index (χ1v) is 7.81. The number of nitrogens with zero attached hydrogens (tertiary/aromatic N) is 4. The van der Waals surface area contributed by atoms with Gasteiger partial charge in [-0.2, -0.15) is 0 Å². The van der Waals surface area contributed by atoms with Crippen molar-refractivity contribution in [3.05, 3.63) is 66.6 Å². The fourth-order valence-electron chi connectivity index (χ4n) is 2.77. The zero-order valence-electron chi connectivity index (χ0n) is 13.3. The second-order valence-electron chi connectivity index (χ2n) is 5.68. The Kier molecular flexibility index (Phi) is 3.67. The Bertz CT molecular complexity index is 945. The highest BCUT2D eigenvalue weighted by Gasteiger charge is 2.07. The van der Waals surface area contributed by atoms with Crippen molar-refractivity contribution in [2.45, 2.75) is 6.92 Å². The highest BCUT2D eigenvalue weighted by Crippen LogP contribution is 2.24. The van der Waals surface area contributed by atoms with Gasteiger partial charge in [-0.15, -0.1) is 0 Å². The van der Waals surface area contributed by atoms with E-state index in [1.54, 1.807) is 12.4 Å². The first-order chi connectivity index (χ1) is 11.8. The smallest absolute Gasteiger partial charge is 0.131 e. The molecule has 0 fully saturated rings. The molecule has 3 aromatic rings. The Morgan fingerprint density at radius 1 is 1.12 bits per heavy atom. The molecular weight excluding hydrogens is 298 g/mol. The van der Waals surface area contributed by atoms with Crippen LogP contribution in [0.5, 0.6) is 0 Å². The van der Waals surface area contributed by atoms with Crippen LogP contribution in [0.3, 0.4) is 0 Å². The van der Waals surface area contributed by atoms with Gasteiger partial charge in [0.25, 0.3) is 0 Å². The number of nitrogens with one attached hydrogen (secondary N) is 1. The number of aliphatic imine (C=N–C) groups is 1. The quantitative estimate of drug-likeness (QED) is 0.792. The van der Waals surface area contributed by atoms with Crippen LogP contribution in [0.4, 0.5) is 17.2 Å². The number of hydrogen-bond donors (Lipinski definition) is 1. The molecular formula is C19H17N5.